The van der Waals surface area contributed by atoms with Crippen molar-refractivity contribution in [3.05, 3.63) is 29.7 Å². The summed E-state index contributed by atoms with van der Waals surface area (Å²) in [6.45, 7) is 2.94. The highest BCUT2D eigenvalue weighted by molar-refractivity contribution is 5.47. The van der Waals surface area contributed by atoms with E-state index >= 15 is 0 Å². The van der Waals surface area contributed by atoms with E-state index in [1.807, 2.05) is 13.0 Å². The fraction of sp³-hybridized carbons (Fsp3) is 0.462. The molecular weight excluding hydrogens is 254 g/mol. The first-order chi connectivity index (χ1) is 9.79. The maximum Gasteiger partial charge on any atom is 0.182 e. The number of anilines is 1. The summed E-state index contributed by atoms with van der Waals surface area (Å²) in [5.74, 6) is 2.41. The van der Waals surface area contributed by atoms with Crippen LogP contribution in [0.25, 0.3) is 0 Å². The third-order valence-electron chi connectivity index (χ3n) is 3.43. The Labute approximate surface area is 116 Å². The van der Waals surface area contributed by atoms with Crippen LogP contribution in [-0.4, -0.2) is 24.7 Å². The van der Waals surface area contributed by atoms with Gasteiger partial charge in [0, 0.05) is 25.4 Å². The SMILES string of the molecule is CC(Nc1nccnc1C#N)c1nnc2n1CCCC2. The van der Waals surface area contributed by atoms with Gasteiger partial charge in [-0.2, -0.15) is 5.26 Å². The largest absolute Gasteiger partial charge is 0.358 e. The summed E-state index contributed by atoms with van der Waals surface area (Å²) in [4.78, 5) is 8.15. The average Bonchev–Trinajstić information content (AvgIpc) is 2.92. The zero-order valence-corrected chi connectivity index (χ0v) is 11.2. The van der Waals surface area contributed by atoms with Gasteiger partial charge in [0.1, 0.15) is 11.9 Å². The first-order valence-electron chi connectivity index (χ1n) is 6.69. The van der Waals surface area contributed by atoms with Gasteiger partial charge in [-0.15, -0.1) is 10.2 Å². The number of nitrogens with one attached hydrogen (secondary N) is 1. The summed E-state index contributed by atoms with van der Waals surface area (Å²) in [5, 5.41) is 20.7. The summed E-state index contributed by atoms with van der Waals surface area (Å²) in [7, 11) is 0. The van der Waals surface area contributed by atoms with Gasteiger partial charge in [-0.25, -0.2) is 9.97 Å². The number of hydrogen-bond acceptors (Lipinski definition) is 6. The molecule has 3 heterocycles. The monoisotopic (exact) mass is 269 g/mol. The third-order valence-corrected chi connectivity index (χ3v) is 3.43. The van der Waals surface area contributed by atoms with Crippen molar-refractivity contribution >= 4 is 5.82 Å². The average molecular weight is 269 g/mol. The lowest BCUT2D eigenvalue weighted by molar-refractivity contribution is 0.500. The van der Waals surface area contributed by atoms with Crippen molar-refractivity contribution < 1.29 is 0 Å². The van der Waals surface area contributed by atoms with Crippen LogP contribution in [0.4, 0.5) is 5.82 Å². The Morgan fingerprint density at radius 2 is 2.15 bits per heavy atom. The van der Waals surface area contributed by atoms with Crippen molar-refractivity contribution in [1.82, 2.24) is 24.7 Å². The van der Waals surface area contributed by atoms with Crippen LogP contribution in [-0.2, 0) is 13.0 Å². The molecule has 1 unspecified atom stereocenters. The summed E-state index contributed by atoms with van der Waals surface area (Å²) >= 11 is 0. The summed E-state index contributed by atoms with van der Waals surface area (Å²) < 4.78 is 2.16. The minimum atomic E-state index is -0.0712. The topological polar surface area (TPSA) is 92.3 Å². The van der Waals surface area contributed by atoms with Gasteiger partial charge in [-0.05, 0) is 19.8 Å². The molecule has 7 heteroatoms. The highest BCUT2D eigenvalue weighted by Gasteiger charge is 2.20. The van der Waals surface area contributed by atoms with E-state index in [2.05, 4.69) is 30.0 Å². The molecule has 0 amide bonds. The predicted octanol–water partition coefficient (Wildman–Crippen LogP) is 1.45. The molecule has 0 aromatic carbocycles. The second-order valence-corrected chi connectivity index (χ2v) is 4.81. The van der Waals surface area contributed by atoms with Gasteiger partial charge in [0.05, 0.1) is 6.04 Å². The van der Waals surface area contributed by atoms with Crippen molar-refractivity contribution in [2.24, 2.45) is 0 Å². The predicted molar refractivity (Wildman–Crippen MR) is 71.7 cm³/mol. The Hall–Kier alpha value is -2.49. The van der Waals surface area contributed by atoms with Gasteiger partial charge >= 0.3 is 0 Å². The molecule has 1 aliphatic rings. The highest BCUT2D eigenvalue weighted by Crippen LogP contribution is 2.22. The van der Waals surface area contributed by atoms with Gasteiger partial charge in [-0.3, -0.25) is 0 Å². The van der Waals surface area contributed by atoms with Crippen LogP contribution in [0, 0.1) is 11.3 Å². The number of fused-ring (bicyclic) bond motifs is 1. The molecule has 7 nitrogen and oxygen atoms in total. The van der Waals surface area contributed by atoms with Crippen LogP contribution in [0.2, 0.25) is 0 Å². The maximum atomic E-state index is 9.03. The number of nitrogens with zero attached hydrogens (tertiary/aromatic N) is 6. The third kappa shape index (κ3) is 2.20. The normalized spacial score (nSPS) is 15.2. The molecule has 1 aliphatic heterocycles. The quantitative estimate of drug-likeness (QED) is 0.906. The molecule has 0 fully saturated rings. The molecule has 1 atom stereocenters. The molecular formula is C13H15N7. The van der Waals surface area contributed by atoms with Gasteiger partial charge < -0.3 is 9.88 Å². The Morgan fingerprint density at radius 1 is 1.30 bits per heavy atom. The molecule has 0 spiro atoms. The zero-order valence-electron chi connectivity index (χ0n) is 11.2. The van der Waals surface area contributed by atoms with Crippen molar-refractivity contribution in [2.75, 3.05) is 5.32 Å². The lowest BCUT2D eigenvalue weighted by Gasteiger charge is -2.19. The minimum Gasteiger partial charge on any atom is -0.358 e. The summed E-state index contributed by atoms with van der Waals surface area (Å²) in [6, 6.07) is 1.96. The Bertz CT molecular complexity index is 655. The molecule has 0 radical (unpaired) electrons. The first kappa shape index (κ1) is 12.5. The first-order valence-corrected chi connectivity index (χ1v) is 6.69. The fourth-order valence-corrected chi connectivity index (χ4v) is 2.45. The summed E-state index contributed by atoms with van der Waals surface area (Å²) in [6.07, 6.45) is 6.37. The molecule has 1 N–H and O–H groups in total. The Kier molecular flexibility index (Phi) is 3.29. The van der Waals surface area contributed by atoms with Crippen LogP contribution in [0.15, 0.2) is 12.4 Å². The molecule has 20 heavy (non-hydrogen) atoms. The van der Waals surface area contributed by atoms with Crippen LogP contribution in [0.5, 0.6) is 0 Å². The molecule has 2 aromatic heterocycles. The van der Waals surface area contributed by atoms with Crippen molar-refractivity contribution in [3.63, 3.8) is 0 Å². The summed E-state index contributed by atoms with van der Waals surface area (Å²) in [5.41, 5.74) is 0.290. The van der Waals surface area contributed by atoms with E-state index < -0.39 is 0 Å². The number of hydrogen-bond donors (Lipinski definition) is 1. The minimum absolute atomic E-state index is 0.0712. The van der Waals surface area contributed by atoms with Crippen LogP contribution < -0.4 is 5.32 Å². The number of aromatic nitrogens is 5. The smallest absolute Gasteiger partial charge is 0.182 e. The van der Waals surface area contributed by atoms with Crippen LogP contribution in [0.3, 0.4) is 0 Å². The van der Waals surface area contributed by atoms with Crippen molar-refractivity contribution in [3.8, 4) is 6.07 Å². The second kappa shape index (κ2) is 5.25. The van der Waals surface area contributed by atoms with E-state index in [1.165, 1.54) is 12.6 Å². The van der Waals surface area contributed by atoms with Crippen molar-refractivity contribution in [1.29, 1.82) is 5.26 Å². The molecule has 3 rings (SSSR count). The van der Waals surface area contributed by atoms with E-state index in [0.717, 1.165) is 31.0 Å². The highest BCUT2D eigenvalue weighted by atomic mass is 15.3. The number of nitriles is 1. The van der Waals surface area contributed by atoms with Gasteiger partial charge in [-0.1, -0.05) is 0 Å². The zero-order chi connectivity index (χ0) is 13.9. The standard InChI is InChI=1S/C13H15N7/c1-9(17-12-10(8-14)15-5-6-16-12)13-19-18-11-4-2-3-7-20(11)13/h5-6,9H,2-4,7H2,1H3,(H,16,17). The Morgan fingerprint density at radius 3 is 3.00 bits per heavy atom. The molecule has 0 aliphatic carbocycles. The molecule has 0 saturated carbocycles. The van der Waals surface area contributed by atoms with Crippen LogP contribution >= 0.6 is 0 Å². The Balaban J connectivity index is 1.85. The maximum absolute atomic E-state index is 9.03. The van der Waals surface area contributed by atoms with Gasteiger partial charge in [0.2, 0.25) is 0 Å². The van der Waals surface area contributed by atoms with E-state index in [9.17, 15) is 0 Å². The number of aryl methyl sites for hydroxylation is 1. The van der Waals surface area contributed by atoms with E-state index in [4.69, 9.17) is 5.26 Å². The van der Waals surface area contributed by atoms with Crippen LogP contribution in [0.1, 0.15) is 43.1 Å². The lowest BCUT2D eigenvalue weighted by atomic mass is 10.1. The van der Waals surface area contributed by atoms with Gasteiger partial charge in [0.25, 0.3) is 0 Å². The van der Waals surface area contributed by atoms with E-state index in [0.29, 0.717) is 5.82 Å². The molecule has 2 aromatic rings. The second-order valence-electron chi connectivity index (χ2n) is 4.81. The molecule has 0 saturated heterocycles. The molecule has 102 valence electrons. The lowest BCUT2D eigenvalue weighted by Crippen LogP contribution is -2.19. The van der Waals surface area contributed by atoms with E-state index in [1.54, 1.807) is 6.20 Å². The fourth-order valence-electron chi connectivity index (χ4n) is 2.45. The van der Waals surface area contributed by atoms with E-state index in [-0.39, 0.29) is 11.7 Å². The van der Waals surface area contributed by atoms with Crippen molar-refractivity contribution in [2.45, 2.75) is 38.8 Å². The van der Waals surface area contributed by atoms with Gasteiger partial charge in [0.15, 0.2) is 17.3 Å². The number of rotatable bonds is 3. The molecule has 0 bridgehead atoms.